The minimum atomic E-state index is 0. The number of aromatic nitrogens is 3. The first-order chi connectivity index (χ1) is 17.3. The maximum atomic E-state index is 4.44. The molecule has 37 heavy (non-hydrogen) atoms. The predicted molar refractivity (Wildman–Crippen MR) is 161 cm³/mol. The molecule has 0 atom stereocenters. The summed E-state index contributed by atoms with van der Waals surface area (Å²) in [6, 6.07) is 30.8. The SMILES string of the molecule is Cc1ccc2cccc([Se])c2n1.Cc1ccc2cccc([Se])c2n1.Cc1ccc2cccc([Se])c2n1.[Bi]. The minimum Gasteiger partial charge on any atom is 0 e. The number of para-hydroxylation sites is 3. The average molecular weight is 872 g/mol. The van der Waals surface area contributed by atoms with Crippen LogP contribution in [0.25, 0.3) is 32.7 Å². The number of pyridine rings is 3. The molecule has 6 aromatic rings. The third kappa shape index (κ3) is 7.92. The van der Waals surface area contributed by atoms with Gasteiger partial charge in [-0.25, -0.2) is 0 Å². The molecule has 0 saturated carbocycles. The van der Waals surface area contributed by atoms with E-state index >= 15 is 0 Å². The van der Waals surface area contributed by atoms with Crippen molar-refractivity contribution in [1.82, 2.24) is 15.0 Å². The zero-order valence-corrected chi connectivity index (χ0v) is 29.3. The van der Waals surface area contributed by atoms with Crippen LogP contribution in [0, 0.1) is 20.8 Å². The summed E-state index contributed by atoms with van der Waals surface area (Å²) in [6.45, 7) is 6.02. The summed E-state index contributed by atoms with van der Waals surface area (Å²) in [5, 5.41) is 3.57. The van der Waals surface area contributed by atoms with Crippen molar-refractivity contribution in [2.75, 3.05) is 0 Å². The summed E-state index contributed by atoms with van der Waals surface area (Å²) in [6.07, 6.45) is 0. The monoisotopic (exact) mass is 875 g/mol. The maximum Gasteiger partial charge on any atom is 0 e. The van der Waals surface area contributed by atoms with E-state index in [0.717, 1.165) is 47.0 Å². The van der Waals surface area contributed by atoms with E-state index in [1.54, 1.807) is 0 Å². The van der Waals surface area contributed by atoms with Gasteiger partial charge >= 0.3 is 238 Å². The summed E-state index contributed by atoms with van der Waals surface area (Å²) >= 11 is 9.03. The molecule has 0 aliphatic heterocycles. The molecule has 3 aromatic heterocycles. The molecule has 182 valence electrons. The van der Waals surface area contributed by atoms with Gasteiger partial charge in [-0.2, -0.15) is 0 Å². The van der Waals surface area contributed by atoms with E-state index in [2.05, 4.69) is 99.4 Å². The minimum absolute atomic E-state index is 0. The largest absolute Gasteiger partial charge is 0 e. The topological polar surface area (TPSA) is 38.7 Å². The normalized spacial score (nSPS) is 10.1. The fourth-order valence-electron chi connectivity index (χ4n) is 3.65. The Bertz CT molecular complexity index is 1470. The van der Waals surface area contributed by atoms with Crippen molar-refractivity contribution in [2.45, 2.75) is 20.8 Å². The molecule has 0 bridgehead atoms. The fourth-order valence-corrected chi connectivity index (χ4v) is 5.18. The van der Waals surface area contributed by atoms with Gasteiger partial charge in [0.1, 0.15) is 0 Å². The smallest absolute Gasteiger partial charge is 0 e. The van der Waals surface area contributed by atoms with Crippen molar-refractivity contribution < 1.29 is 0 Å². The fraction of sp³-hybridized carbons (Fsp3) is 0.100. The number of fused-ring (bicyclic) bond motifs is 3. The molecule has 0 aliphatic carbocycles. The standard InChI is InChI=1S/3C10H8NSe.Bi/c3*1-7-5-6-8-3-2-4-9(12)10(8)11-7;/h3*2-6H,1H3;. The Labute approximate surface area is 261 Å². The maximum absolute atomic E-state index is 4.44. The van der Waals surface area contributed by atoms with Gasteiger partial charge in [-0.05, 0) is 0 Å². The van der Waals surface area contributed by atoms with Crippen LogP contribution in [-0.4, -0.2) is 89.2 Å². The van der Waals surface area contributed by atoms with Gasteiger partial charge in [0.2, 0.25) is 0 Å². The summed E-state index contributed by atoms with van der Waals surface area (Å²) in [5.74, 6) is 0. The van der Waals surface area contributed by atoms with Crippen LogP contribution in [0.4, 0.5) is 0 Å². The summed E-state index contributed by atoms with van der Waals surface area (Å²) < 4.78 is 3.36. The van der Waals surface area contributed by atoms with Crippen LogP contribution in [0.2, 0.25) is 0 Å². The van der Waals surface area contributed by atoms with Crippen LogP contribution >= 0.6 is 0 Å². The molecule has 3 heterocycles. The summed E-state index contributed by atoms with van der Waals surface area (Å²) in [4.78, 5) is 13.3. The number of aryl methyl sites for hydroxylation is 3. The Hall–Kier alpha value is -1.67. The number of rotatable bonds is 0. The number of hydrogen-bond acceptors (Lipinski definition) is 3. The molecule has 3 aromatic carbocycles. The molecule has 6 radical (unpaired) electrons. The van der Waals surface area contributed by atoms with Crippen molar-refractivity contribution in [3.63, 3.8) is 0 Å². The van der Waals surface area contributed by atoms with Crippen LogP contribution in [0.5, 0.6) is 0 Å². The zero-order valence-electron chi connectivity index (χ0n) is 20.7. The van der Waals surface area contributed by atoms with Gasteiger partial charge in [-0.3, -0.25) is 0 Å². The second-order valence-corrected chi connectivity index (χ2v) is 11.1. The van der Waals surface area contributed by atoms with E-state index in [1.807, 2.05) is 75.4 Å². The van der Waals surface area contributed by atoms with Crippen LogP contribution in [0.1, 0.15) is 17.1 Å². The van der Waals surface area contributed by atoms with Gasteiger partial charge in [-0.15, -0.1) is 0 Å². The first-order valence-corrected chi connectivity index (χ1v) is 14.0. The zero-order chi connectivity index (χ0) is 25.7. The van der Waals surface area contributed by atoms with Crippen LogP contribution < -0.4 is 13.4 Å². The second kappa shape index (κ2) is 13.9. The molecule has 0 amide bonds. The second-order valence-electron chi connectivity index (χ2n) is 8.34. The van der Waals surface area contributed by atoms with Crippen molar-refractivity contribution in [1.29, 1.82) is 0 Å². The van der Waals surface area contributed by atoms with Gasteiger partial charge in [-0.1, -0.05) is 0 Å². The molecular weight excluding hydrogens is 848 g/mol. The molecule has 7 heteroatoms. The Morgan fingerprint density at radius 3 is 0.946 bits per heavy atom. The first-order valence-electron chi connectivity index (χ1n) is 11.4. The molecule has 0 aliphatic rings. The van der Waals surface area contributed by atoms with Gasteiger partial charge in [0.15, 0.2) is 0 Å². The van der Waals surface area contributed by atoms with Gasteiger partial charge in [0.25, 0.3) is 0 Å². The number of benzene rings is 3. The molecule has 0 saturated heterocycles. The van der Waals surface area contributed by atoms with Crippen LogP contribution in [0.3, 0.4) is 0 Å². The Balaban J connectivity index is 0.000000152. The first kappa shape index (κ1) is 29.9. The van der Waals surface area contributed by atoms with Crippen LogP contribution in [0.15, 0.2) is 91.0 Å². The number of hydrogen-bond donors (Lipinski definition) is 0. The van der Waals surface area contributed by atoms with E-state index in [1.165, 1.54) is 16.2 Å². The van der Waals surface area contributed by atoms with Gasteiger partial charge in [0.05, 0.1) is 0 Å². The molecule has 0 N–H and O–H groups in total. The molecule has 6 rings (SSSR count). The quantitative estimate of drug-likeness (QED) is 0.219. The Morgan fingerprint density at radius 1 is 0.405 bits per heavy atom. The molecule has 0 spiro atoms. The van der Waals surface area contributed by atoms with Crippen molar-refractivity contribution in [2.24, 2.45) is 0 Å². The van der Waals surface area contributed by atoms with Crippen molar-refractivity contribution in [3.8, 4) is 0 Å². The van der Waals surface area contributed by atoms with E-state index in [4.69, 9.17) is 0 Å². The summed E-state index contributed by atoms with van der Waals surface area (Å²) in [7, 11) is 0. The van der Waals surface area contributed by atoms with Gasteiger partial charge < -0.3 is 0 Å². The molecule has 3 nitrogen and oxygen atoms in total. The third-order valence-corrected chi connectivity index (χ3v) is 7.54. The molecule has 0 unspecified atom stereocenters. The van der Waals surface area contributed by atoms with E-state index < -0.39 is 0 Å². The number of nitrogens with zero attached hydrogens (tertiary/aromatic N) is 3. The van der Waals surface area contributed by atoms with Crippen molar-refractivity contribution >= 4 is 120 Å². The Kier molecular flexibility index (Phi) is 11.2. The molecule has 0 fully saturated rings. The molecular formula is C30H24BiN3Se3. The Morgan fingerprint density at radius 2 is 0.676 bits per heavy atom. The van der Waals surface area contributed by atoms with E-state index in [-0.39, 0.29) is 26.2 Å². The van der Waals surface area contributed by atoms with Gasteiger partial charge in [0, 0.05) is 26.2 Å². The van der Waals surface area contributed by atoms with E-state index in [0.29, 0.717) is 0 Å². The van der Waals surface area contributed by atoms with Crippen LogP contribution in [-0.2, 0) is 0 Å². The average Bonchev–Trinajstić information content (AvgIpc) is 2.87. The predicted octanol–water partition coefficient (Wildman–Crippen LogP) is 3.63. The third-order valence-electron chi connectivity index (χ3n) is 5.47. The summed E-state index contributed by atoms with van der Waals surface area (Å²) in [5.41, 5.74) is 6.38. The van der Waals surface area contributed by atoms with Crippen molar-refractivity contribution in [3.05, 3.63) is 108 Å². The van der Waals surface area contributed by atoms with E-state index in [9.17, 15) is 0 Å².